The minimum atomic E-state index is -0.368. The fourth-order valence-corrected chi connectivity index (χ4v) is 1.98. The lowest BCUT2D eigenvalue weighted by Crippen LogP contribution is -2.39. The highest BCUT2D eigenvalue weighted by Gasteiger charge is 2.32. The number of aromatic nitrogens is 1. The average Bonchev–Trinajstić information content (AvgIpc) is 2.39. The molecule has 1 aliphatic heterocycles. The van der Waals surface area contributed by atoms with Crippen LogP contribution in [0.2, 0.25) is 0 Å². The Balaban J connectivity index is 1.98. The fraction of sp³-hybridized carbons (Fsp3) is 0.583. The van der Waals surface area contributed by atoms with Gasteiger partial charge in [0.25, 0.3) is 0 Å². The van der Waals surface area contributed by atoms with E-state index in [9.17, 15) is 9.50 Å². The summed E-state index contributed by atoms with van der Waals surface area (Å²) in [6.45, 7) is 1.89. The molecule has 0 unspecified atom stereocenters. The first kappa shape index (κ1) is 12.3. The molecule has 1 saturated heterocycles. The van der Waals surface area contributed by atoms with Crippen LogP contribution >= 0.6 is 0 Å². The molecule has 1 aromatic heterocycles. The van der Waals surface area contributed by atoms with Gasteiger partial charge in [-0.1, -0.05) is 0 Å². The molecule has 0 saturated carbocycles. The average molecular weight is 240 g/mol. The molecule has 94 valence electrons. The molecule has 0 radical (unpaired) electrons. The van der Waals surface area contributed by atoms with E-state index in [1.165, 1.54) is 6.07 Å². The summed E-state index contributed by atoms with van der Waals surface area (Å²) in [5.74, 6) is -0.125. The van der Waals surface area contributed by atoms with Crippen molar-refractivity contribution in [3.63, 3.8) is 0 Å². The van der Waals surface area contributed by atoms with Gasteiger partial charge in [0.15, 0.2) is 11.6 Å². The number of aliphatic hydroxyl groups excluding tert-OH is 1. The van der Waals surface area contributed by atoms with Crippen LogP contribution in [0.4, 0.5) is 10.2 Å². The van der Waals surface area contributed by atoms with Crippen molar-refractivity contribution in [3.8, 4) is 0 Å². The Morgan fingerprint density at radius 1 is 1.47 bits per heavy atom. The Morgan fingerprint density at radius 3 is 2.88 bits per heavy atom. The number of ether oxygens (including phenoxy) is 1. The van der Waals surface area contributed by atoms with Gasteiger partial charge in [-0.25, -0.2) is 9.37 Å². The van der Waals surface area contributed by atoms with Crippen LogP contribution in [0, 0.1) is 11.2 Å². The maximum Gasteiger partial charge on any atom is 0.165 e. The number of rotatable bonds is 4. The van der Waals surface area contributed by atoms with Crippen molar-refractivity contribution < 1.29 is 14.2 Å². The lowest BCUT2D eigenvalue weighted by molar-refractivity contribution is -0.00864. The largest absolute Gasteiger partial charge is 0.396 e. The second-order valence-electron chi connectivity index (χ2n) is 4.46. The van der Waals surface area contributed by atoms with Crippen LogP contribution in [0.1, 0.15) is 12.8 Å². The number of hydrogen-bond donors (Lipinski definition) is 2. The molecule has 1 fully saturated rings. The molecule has 1 aliphatic rings. The maximum absolute atomic E-state index is 13.4. The molecule has 0 bridgehead atoms. The van der Waals surface area contributed by atoms with Gasteiger partial charge in [-0.3, -0.25) is 0 Å². The van der Waals surface area contributed by atoms with Gasteiger partial charge in [0, 0.05) is 31.4 Å². The van der Waals surface area contributed by atoms with E-state index in [-0.39, 0.29) is 23.7 Å². The topological polar surface area (TPSA) is 54.4 Å². The lowest BCUT2D eigenvalue weighted by Gasteiger charge is -2.35. The van der Waals surface area contributed by atoms with E-state index in [0.717, 1.165) is 12.8 Å². The summed E-state index contributed by atoms with van der Waals surface area (Å²) < 4.78 is 18.6. The molecule has 0 spiro atoms. The van der Waals surface area contributed by atoms with E-state index >= 15 is 0 Å². The number of nitrogens with one attached hydrogen (secondary N) is 1. The third-order valence-electron chi connectivity index (χ3n) is 3.28. The molecule has 1 aromatic rings. The highest BCUT2D eigenvalue weighted by atomic mass is 19.1. The zero-order valence-electron chi connectivity index (χ0n) is 9.66. The van der Waals surface area contributed by atoms with Crippen LogP contribution < -0.4 is 5.32 Å². The van der Waals surface area contributed by atoms with Gasteiger partial charge in [-0.2, -0.15) is 0 Å². The van der Waals surface area contributed by atoms with Crippen LogP contribution in [0.25, 0.3) is 0 Å². The van der Waals surface area contributed by atoms with Crippen LogP contribution in [-0.2, 0) is 4.74 Å². The Morgan fingerprint density at radius 2 is 2.24 bits per heavy atom. The van der Waals surface area contributed by atoms with Crippen molar-refractivity contribution in [2.45, 2.75) is 12.8 Å². The molecular weight excluding hydrogens is 223 g/mol. The smallest absolute Gasteiger partial charge is 0.165 e. The molecule has 0 aliphatic carbocycles. The van der Waals surface area contributed by atoms with Gasteiger partial charge in [0.05, 0.1) is 6.61 Å². The summed E-state index contributed by atoms with van der Waals surface area (Å²) >= 11 is 0. The Kier molecular flexibility index (Phi) is 3.91. The summed E-state index contributed by atoms with van der Waals surface area (Å²) in [7, 11) is 0. The SMILES string of the molecule is OCC1(CNc2ncccc2F)CCOCC1. The van der Waals surface area contributed by atoms with Gasteiger partial charge >= 0.3 is 0 Å². The van der Waals surface area contributed by atoms with E-state index in [0.29, 0.717) is 19.8 Å². The number of hydrogen-bond acceptors (Lipinski definition) is 4. The minimum absolute atomic E-state index is 0.0812. The quantitative estimate of drug-likeness (QED) is 0.835. The molecule has 2 N–H and O–H groups in total. The van der Waals surface area contributed by atoms with Gasteiger partial charge < -0.3 is 15.2 Å². The second kappa shape index (κ2) is 5.42. The molecule has 0 aromatic carbocycles. The first-order valence-electron chi connectivity index (χ1n) is 5.79. The predicted octanol–water partition coefficient (Wildman–Crippen LogP) is 1.42. The number of aliphatic hydroxyl groups is 1. The second-order valence-corrected chi connectivity index (χ2v) is 4.46. The third-order valence-corrected chi connectivity index (χ3v) is 3.28. The van der Waals surface area contributed by atoms with E-state index in [4.69, 9.17) is 4.74 Å². The van der Waals surface area contributed by atoms with Crippen molar-refractivity contribution in [3.05, 3.63) is 24.1 Å². The summed E-state index contributed by atoms with van der Waals surface area (Å²) in [5.41, 5.74) is -0.220. The molecular formula is C12H17FN2O2. The van der Waals surface area contributed by atoms with Crippen molar-refractivity contribution in [2.24, 2.45) is 5.41 Å². The maximum atomic E-state index is 13.4. The molecule has 2 heterocycles. The number of pyridine rings is 1. The highest BCUT2D eigenvalue weighted by molar-refractivity contribution is 5.35. The molecule has 0 atom stereocenters. The standard InChI is InChI=1S/C12H17FN2O2/c13-10-2-1-5-14-11(10)15-8-12(9-16)3-6-17-7-4-12/h1-2,5,16H,3-4,6-9H2,(H,14,15). The highest BCUT2D eigenvalue weighted by Crippen LogP contribution is 2.30. The summed E-state index contributed by atoms with van der Waals surface area (Å²) in [6.07, 6.45) is 3.11. The molecule has 0 amide bonds. The van der Waals surface area contributed by atoms with Crippen molar-refractivity contribution in [1.82, 2.24) is 4.98 Å². The monoisotopic (exact) mass is 240 g/mol. The molecule has 17 heavy (non-hydrogen) atoms. The zero-order chi connectivity index (χ0) is 12.1. The Bertz CT molecular complexity index is 367. The van der Waals surface area contributed by atoms with Crippen LogP contribution in [0.5, 0.6) is 0 Å². The van der Waals surface area contributed by atoms with Gasteiger partial charge in [0.1, 0.15) is 0 Å². The molecule has 2 rings (SSSR count). The third kappa shape index (κ3) is 2.92. The molecule has 4 nitrogen and oxygen atoms in total. The normalized spacial score (nSPS) is 18.9. The minimum Gasteiger partial charge on any atom is -0.396 e. The van der Waals surface area contributed by atoms with E-state index in [1.807, 2.05) is 0 Å². The number of anilines is 1. The molecule has 5 heteroatoms. The first-order valence-corrected chi connectivity index (χ1v) is 5.79. The van der Waals surface area contributed by atoms with Crippen molar-refractivity contribution >= 4 is 5.82 Å². The van der Waals surface area contributed by atoms with E-state index in [1.54, 1.807) is 12.3 Å². The summed E-state index contributed by atoms with van der Waals surface area (Å²) in [5, 5.41) is 12.5. The first-order chi connectivity index (χ1) is 8.26. The number of halogens is 1. The van der Waals surface area contributed by atoms with Crippen LogP contribution in [0.15, 0.2) is 18.3 Å². The van der Waals surface area contributed by atoms with Crippen molar-refractivity contribution in [2.75, 3.05) is 31.7 Å². The van der Waals surface area contributed by atoms with E-state index < -0.39 is 0 Å². The Labute approximate surface area is 99.8 Å². The zero-order valence-corrected chi connectivity index (χ0v) is 9.66. The predicted molar refractivity (Wildman–Crippen MR) is 62.3 cm³/mol. The summed E-state index contributed by atoms with van der Waals surface area (Å²) in [4.78, 5) is 3.93. The Hall–Kier alpha value is -1.20. The van der Waals surface area contributed by atoms with Crippen LogP contribution in [0.3, 0.4) is 0 Å². The van der Waals surface area contributed by atoms with Gasteiger partial charge in [-0.05, 0) is 25.0 Å². The van der Waals surface area contributed by atoms with Crippen molar-refractivity contribution in [1.29, 1.82) is 0 Å². The van der Waals surface area contributed by atoms with Gasteiger partial charge in [0.2, 0.25) is 0 Å². The van der Waals surface area contributed by atoms with E-state index in [2.05, 4.69) is 10.3 Å². The fourth-order valence-electron chi connectivity index (χ4n) is 1.98. The number of nitrogens with zero attached hydrogens (tertiary/aromatic N) is 1. The summed E-state index contributed by atoms with van der Waals surface area (Å²) in [6, 6.07) is 2.92. The van der Waals surface area contributed by atoms with Gasteiger partial charge in [-0.15, -0.1) is 0 Å². The van der Waals surface area contributed by atoms with Crippen LogP contribution in [-0.4, -0.2) is 36.5 Å². The lowest BCUT2D eigenvalue weighted by atomic mass is 9.81.